The highest BCUT2D eigenvalue weighted by molar-refractivity contribution is 6.09. The molecule has 2 saturated heterocycles. The number of hydrogen-bond acceptors (Lipinski definition) is 3. The summed E-state index contributed by atoms with van der Waals surface area (Å²) in [6, 6.07) is 9.99. The molecular formula is C25H35N3O3. The molecule has 2 heterocycles. The van der Waals surface area contributed by atoms with Crippen molar-refractivity contribution in [3.63, 3.8) is 0 Å². The summed E-state index contributed by atoms with van der Waals surface area (Å²) in [5.74, 6) is 0.667. The summed E-state index contributed by atoms with van der Waals surface area (Å²) < 4.78 is 0. The molecule has 1 aromatic carbocycles. The maximum atomic E-state index is 13.2. The summed E-state index contributed by atoms with van der Waals surface area (Å²) in [5, 5.41) is 2.94. The van der Waals surface area contributed by atoms with Gasteiger partial charge in [-0.3, -0.25) is 14.5 Å². The molecule has 1 spiro atoms. The van der Waals surface area contributed by atoms with Crippen LogP contribution in [-0.4, -0.2) is 52.8 Å². The summed E-state index contributed by atoms with van der Waals surface area (Å²) in [7, 11) is 0. The first-order valence-electron chi connectivity index (χ1n) is 11.7. The maximum Gasteiger partial charge on any atom is 0.325 e. The lowest BCUT2D eigenvalue weighted by molar-refractivity contribution is -0.140. The first-order chi connectivity index (χ1) is 14.7. The Balaban J connectivity index is 1.33. The molecule has 6 nitrogen and oxygen atoms in total. The number of nitrogens with zero attached hydrogens (tertiary/aromatic N) is 2. The molecule has 1 aromatic rings. The predicted octanol–water partition coefficient (Wildman–Crippen LogP) is 3.92. The summed E-state index contributed by atoms with van der Waals surface area (Å²) in [5.41, 5.74) is 0.713. The van der Waals surface area contributed by atoms with Crippen LogP contribution in [0, 0.1) is 11.3 Å². The highest BCUT2D eigenvalue weighted by atomic mass is 16.2. The summed E-state index contributed by atoms with van der Waals surface area (Å²) in [6.45, 7) is 7.88. The Morgan fingerprint density at radius 3 is 2.23 bits per heavy atom. The predicted molar refractivity (Wildman–Crippen MR) is 119 cm³/mol. The van der Waals surface area contributed by atoms with Crippen LogP contribution in [0.3, 0.4) is 0 Å². The van der Waals surface area contributed by atoms with E-state index in [9.17, 15) is 14.4 Å². The van der Waals surface area contributed by atoms with Crippen molar-refractivity contribution in [1.29, 1.82) is 0 Å². The van der Waals surface area contributed by atoms with Crippen molar-refractivity contribution in [1.82, 2.24) is 15.1 Å². The lowest BCUT2D eigenvalue weighted by atomic mass is 9.67. The van der Waals surface area contributed by atoms with Gasteiger partial charge in [-0.05, 0) is 61.3 Å². The van der Waals surface area contributed by atoms with Crippen molar-refractivity contribution in [2.45, 2.75) is 70.8 Å². The van der Waals surface area contributed by atoms with Crippen LogP contribution in [0.1, 0.15) is 70.8 Å². The highest BCUT2D eigenvalue weighted by Crippen LogP contribution is 2.43. The molecule has 0 radical (unpaired) electrons. The first kappa shape index (κ1) is 21.8. The second kappa shape index (κ2) is 8.29. The molecular weight excluding hydrogens is 390 g/mol. The van der Waals surface area contributed by atoms with Crippen LogP contribution in [0.4, 0.5) is 4.79 Å². The Hall–Kier alpha value is -2.37. The van der Waals surface area contributed by atoms with Crippen LogP contribution in [0.15, 0.2) is 30.3 Å². The maximum absolute atomic E-state index is 13.2. The van der Waals surface area contributed by atoms with Crippen molar-refractivity contribution in [3.05, 3.63) is 35.9 Å². The average Bonchev–Trinajstić information content (AvgIpc) is 2.98. The van der Waals surface area contributed by atoms with E-state index in [-0.39, 0.29) is 23.8 Å². The fraction of sp³-hybridized carbons (Fsp3) is 0.640. The second-order valence-corrected chi connectivity index (χ2v) is 10.6. The Bertz CT molecular complexity index is 829. The van der Waals surface area contributed by atoms with E-state index in [2.05, 4.69) is 50.4 Å². The lowest BCUT2D eigenvalue weighted by Crippen LogP contribution is -2.51. The van der Waals surface area contributed by atoms with E-state index in [0.717, 1.165) is 30.6 Å². The van der Waals surface area contributed by atoms with Gasteiger partial charge in [0.15, 0.2) is 0 Å². The lowest BCUT2D eigenvalue weighted by Gasteiger charge is -2.40. The van der Waals surface area contributed by atoms with E-state index in [4.69, 9.17) is 0 Å². The van der Waals surface area contributed by atoms with Gasteiger partial charge < -0.3 is 10.2 Å². The second-order valence-electron chi connectivity index (χ2n) is 10.6. The molecule has 3 aliphatic rings. The molecule has 1 saturated carbocycles. The molecule has 0 bridgehead atoms. The quantitative estimate of drug-likeness (QED) is 0.746. The molecule has 168 valence electrons. The molecule has 0 aromatic heterocycles. The number of amides is 4. The number of urea groups is 1. The van der Waals surface area contributed by atoms with Gasteiger partial charge in [-0.25, -0.2) is 4.79 Å². The smallest absolute Gasteiger partial charge is 0.325 e. The third kappa shape index (κ3) is 4.35. The molecule has 0 unspecified atom stereocenters. The highest BCUT2D eigenvalue weighted by Gasteiger charge is 2.53. The number of nitrogens with one attached hydrogen (secondary N) is 1. The van der Waals surface area contributed by atoms with Gasteiger partial charge in [0, 0.05) is 13.1 Å². The minimum absolute atomic E-state index is 0.129. The fourth-order valence-corrected chi connectivity index (χ4v) is 5.56. The van der Waals surface area contributed by atoms with Crippen LogP contribution in [-0.2, 0) is 9.59 Å². The van der Waals surface area contributed by atoms with Gasteiger partial charge in [-0.1, -0.05) is 51.1 Å². The van der Waals surface area contributed by atoms with E-state index in [1.165, 1.54) is 5.56 Å². The Morgan fingerprint density at radius 2 is 1.65 bits per heavy atom. The van der Waals surface area contributed by atoms with Crippen LogP contribution in [0.5, 0.6) is 0 Å². The Morgan fingerprint density at radius 1 is 1.03 bits per heavy atom. The SMILES string of the molecule is CC(C)(C)C1CCC2(CC1)NC(=O)N(CC(=O)N1CCC(c3ccccc3)CC1)C2=O. The Kier molecular flexibility index (Phi) is 5.84. The van der Waals surface area contributed by atoms with Gasteiger partial charge >= 0.3 is 6.03 Å². The molecule has 2 aliphatic heterocycles. The monoisotopic (exact) mass is 425 g/mol. The van der Waals surface area contributed by atoms with Crippen molar-refractivity contribution < 1.29 is 14.4 Å². The summed E-state index contributed by atoms with van der Waals surface area (Å²) in [4.78, 5) is 41.6. The van der Waals surface area contributed by atoms with Crippen molar-refractivity contribution in [2.24, 2.45) is 11.3 Å². The molecule has 3 fully saturated rings. The molecule has 0 atom stereocenters. The topological polar surface area (TPSA) is 69.7 Å². The zero-order chi connectivity index (χ0) is 22.2. The molecule has 4 rings (SSSR count). The van der Waals surface area contributed by atoms with E-state index in [1.54, 1.807) is 0 Å². The third-order valence-electron chi connectivity index (χ3n) is 7.72. The van der Waals surface area contributed by atoms with Crippen LogP contribution in [0.25, 0.3) is 0 Å². The van der Waals surface area contributed by atoms with Crippen LogP contribution >= 0.6 is 0 Å². The van der Waals surface area contributed by atoms with Crippen molar-refractivity contribution in [2.75, 3.05) is 19.6 Å². The van der Waals surface area contributed by atoms with E-state index < -0.39 is 11.6 Å². The normalized spacial score (nSPS) is 27.6. The number of piperidine rings is 1. The molecule has 1 N–H and O–H groups in total. The van der Waals surface area contributed by atoms with Gasteiger partial charge in [-0.2, -0.15) is 0 Å². The fourth-order valence-electron chi connectivity index (χ4n) is 5.56. The third-order valence-corrected chi connectivity index (χ3v) is 7.72. The van der Waals surface area contributed by atoms with Gasteiger partial charge in [0.2, 0.25) is 5.91 Å². The number of imide groups is 1. The number of carbonyl (C=O) groups excluding carboxylic acids is 3. The number of likely N-dealkylation sites (tertiary alicyclic amines) is 1. The number of benzene rings is 1. The average molecular weight is 426 g/mol. The number of carbonyl (C=O) groups is 3. The first-order valence-corrected chi connectivity index (χ1v) is 11.7. The summed E-state index contributed by atoms with van der Waals surface area (Å²) in [6.07, 6.45) is 4.98. The standard InChI is InChI=1S/C25H35N3O3/c1-24(2,3)20-9-13-25(14-10-20)22(30)28(23(31)26-25)17-21(29)27-15-11-19(12-16-27)18-7-5-4-6-8-18/h4-8,19-20H,9-17H2,1-3H3,(H,26,31). The van der Waals surface area contributed by atoms with Gasteiger partial charge in [-0.15, -0.1) is 0 Å². The minimum Gasteiger partial charge on any atom is -0.341 e. The van der Waals surface area contributed by atoms with E-state index in [0.29, 0.717) is 37.8 Å². The number of rotatable bonds is 3. The van der Waals surface area contributed by atoms with Gasteiger partial charge in [0.1, 0.15) is 12.1 Å². The van der Waals surface area contributed by atoms with Crippen LogP contribution in [0.2, 0.25) is 0 Å². The van der Waals surface area contributed by atoms with Gasteiger partial charge in [0.25, 0.3) is 5.91 Å². The van der Waals surface area contributed by atoms with Crippen molar-refractivity contribution >= 4 is 17.8 Å². The zero-order valence-electron chi connectivity index (χ0n) is 19.0. The van der Waals surface area contributed by atoms with E-state index in [1.807, 2.05) is 11.0 Å². The molecule has 4 amide bonds. The largest absolute Gasteiger partial charge is 0.341 e. The van der Waals surface area contributed by atoms with Crippen molar-refractivity contribution in [3.8, 4) is 0 Å². The zero-order valence-corrected chi connectivity index (χ0v) is 19.0. The molecule has 31 heavy (non-hydrogen) atoms. The number of hydrogen-bond donors (Lipinski definition) is 1. The Labute approximate surface area is 185 Å². The molecule has 1 aliphatic carbocycles. The van der Waals surface area contributed by atoms with Crippen LogP contribution < -0.4 is 5.32 Å². The molecule has 6 heteroatoms. The van der Waals surface area contributed by atoms with Gasteiger partial charge in [0.05, 0.1) is 0 Å². The van der Waals surface area contributed by atoms with E-state index >= 15 is 0 Å². The minimum atomic E-state index is -0.806. The summed E-state index contributed by atoms with van der Waals surface area (Å²) >= 11 is 0.